The average Bonchev–Trinajstić information content (AvgIpc) is 2.95. The molecule has 1 heterocycles. The maximum Gasteiger partial charge on any atom is 0.303 e. The van der Waals surface area contributed by atoms with Gasteiger partial charge in [0.25, 0.3) is 0 Å². The van der Waals surface area contributed by atoms with Crippen molar-refractivity contribution >= 4 is 5.97 Å². The lowest BCUT2D eigenvalue weighted by Crippen LogP contribution is -2.00. The predicted molar refractivity (Wildman–Crippen MR) is 73.5 cm³/mol. The highest BCUT2D eigenvalue weighted by molar-refractivity contribution is 5.66. The van der Waals surface area contributed by atoms with Crippen LogP contribution in [-0.2, 0) is 4.79 Å². The van der Waals surface area contributed by atoms with Crippen LogP contribution in [0.5, 0.6) is 5.75 Å². The van der Waals surface area contributed by atoms with Crippen molar-refractivity contribution in [2.75, 3.05) is 6.61 Å². The number of unbranched alkanes of at least 4 members (excludes halogenated alkanes) is 1. The van der Waals surface area contributed by atoms with Crippen molar-refractivity contribution in [1.82, 2.24) is 15.4 Å². The van der Waals surface area contributed by atoms with Gasteiger partial charge in [0.05, 0.1) is 6.61 Å². The number of aliphatic carboxylic acids is 1. The van der Waals surface area contributed by atoms with E-state index in [0.29, 0.717) is 30.9 Å². The van der Waals surface area contributed by atoms with E-state index in [-0.39, 0.29) is 12.1 Å². The second-order valence-corrected chi connectivity index (χ2v) is 4.36. The predicted octanol–water partition coefficient (Wildman–Crippen LogP) is 1.98. The lowest BCUT2D eigenvalue weighted by molar-refractivity contribution is -0.137. The Kier molecular flexibility index (Phi) is 4.88. The number of H-pyrrole nitrogens is 1. The molecule has 0 saturated heterocycles. The molecule has 21 heavy (non-hydrogen) atoms. The largest absolute Gasteiger partial charge is 0.494 e. The van der Waals surface area contributed by atoms with E-state index in [4.69, 9.17) is 15.1 Å². The number of rotatable bonds is 7. The zero-order valence-corrected chi connectivity index (χ0v) is 11.2. The van der Waals surface area contributed by atoms with Crippen LogP contribution in [0, 0.1) is 11.3 Å². The van der Waals surface area contributed by atoms with Crippen LogP contribution in [0.1, 0.15) is 25.0 Å². The van der Waals surface area contributed by atoms with Gasteiger partial charge in [-0.25, -0.2) is 0 Å². The van der Waals surface area contributed by atoms with Gasteiger partial charge in [0, 0.05) is 12.0 Å². The van der Waals surface area contributed by atoms with Gasteiger partial charge < -0.3 is 9.84 Å². The van der Waals surface area contributed by atoms with Crippen LogP contribution in [0.25, 0.3) is 11.3 Å². The quantitative estimate of drug-likeness (QED) is 0.752. The Morgan fingerprint density at radius 2 is 2.05 bits per heavy atom. The standard InChI is InChI=1S/C14H14N4O3/c15-9-12-14(17-18-16-12)10-4-6-11(7-5-10)21-8-2-1-3-13(19)20/h4-7H,1-3,8H2,(H,19,20)(H,16,17,18). The number of ether oxygens (including phenoxy) is 1. The Labute approximate surface area is 121 Å². The summed E-state index contributed by atoms with van der Waals surface area (Å²) in [5.41, 5.74) is 1.53. The zero-order chi connectivity index (χ0) is 15.1. The minimum atomic E-state index is -0.791. The molecule has 108 valence electrons. The average molecular weight is 286 g/mol. The molecule has 7 heteroatoms. The van der Waals surface area contributed by atoms with Crippen molar-refractivity contribution in [3.8, 4) is 23.1 Å². The van der Waals surface area contributed by atoms with E-state index >= 15 is 0 Å². The summed E-state index contributed by atoms with van der Waals surface area (Å²) in [6, 6.07) is 9.12. The Bertz CT molecular complexity index is 643. The highest BCUT2D eigenvalue weighted by atomic mass is 16.5. The monoisotopic (exact) mass is 286 g/mol. The van der Waals surface area contributed by atoms with E-state index in [1.54, 1.807) is 24.3 Å². The molecule has 2 N–H and O–H groups in total. The van der Waals surface area contributed by atoms with Gasteiger partial charge >= 0.3 is 5.97 Å². The zero-order valence-electron chi connectivity index (χ0n) is 11.2. The fraction of sp³-hybridized carbons (Fsp3) is 0.286. The summed E-state index contributed by atoms with van der Waals surface area (Å²) in [5, 5.41) is 27.5. The van der Waals surface area contributed by atoms with Gasteiger partial charge in [-0.3, -0.25) is 4.79 Å². The second kappa shape index (κ2) is 7.05. The van der Waals surface area contributed by atoms with Crippen LogP contribution in [0.15, 0.2) is 24.3 Å². The molecule has 0 atom stereocenters. The Morgan fingerprint density at radius 3 is 2.71 bits per heavy atom. The number of nitrogens with one attached hydrogen (secondary N) is 1. The van der Waals surface area contributed by atoms with Gasteiger partial charge in [-0.2, -0.15) is 15.6 Å². The van der Waals surface area contributed by atoms with Crippen molar-refractivity contribution in [2.24, 2.45) is 0 Å². The van der Waals surface area contributed by atoms with Crippen molar-refractivity contribution in [2.45, 2.75) is 19.3 Å². The molecule has 0 radical (unpaired) electrons. The maximum atomic E-state index is 10.4. The van der Waals surface area contributed by atoms with E-state index in [2.05, 4.69) is 15.4 Å². The van der Waals surface area contributed by atoms with Crippen LogP contribution < -0.4 is 4.74 Å². The van der Waals surface area contributed by atoms with E-state index in [1.807, 2.05) is 6.07 Å². The van der Waals surface area contributed by atoms with Crippen LogP contribution in [0.3, 0.4) is 0 Å². The summed E-state index contributed by atoms with van der Waals surface area (Å²) < 4.78 is 5.51. The third-order valence-electron chi connectivity index (χ3n) is 2.84. The van der Waals surface area contributed by atoms with E-state index in [0.717, 1.165) is 5.56 Å². The Hall–Kier alpha value is -2.88. The molecule has 0 amide bonds. The van der Waals surface area contributed by atoms with E-state index in [9.17, 15) is 4.79 Å². The number of carboxylic acid groups (broad SMARTS) is 1. The van der Waals surface area contributed by atoms with Gasteiger partial charge in [-0.15, -0.1) is 5.10 Å². The van der Waals surface area contributed by atoms with Gasteiger partial charge in [-0.05, 0) is 37.1 Å². The molecule has 0 aliphatic heterocycles. The van der Waals surface area contributed by atoms with Crippen LogP contribution >= 0.6 is 0 Å². The van der Waals surface area contributed by atoms with Gasteiger partial charge in [0.15, 0.2) is 5.69 Å². The number of aromatic nitrogens is 3. The molecular weight excluding hydrogens is 272 g/mol. The fourth-order valence-corrected chi connectivity index (χ4v) is 1.79. The molecule has 2 rings (SSSR count). The van der Waals surface area contributed by atoms with Crippen molar-refractivity contribution in [1.29, 1.82) is 5.26 Å². The first kappa shape index (κ1) is 14.5. The van der Waals surface area contributed by atoms with Crippen molar-refractivity contribution in [3.05, 3.63) is 30.0 Å². The lowest BCUT2D eigenvalue weighted by atomic mass is 10.1. The Balaban J connectivity index is 1.88. The number of hydrogen-bond acceptors (Lipinski definition) is 5. The molecule has 0 fully saturated rings. The number of nitrogens with zero attached hydrogens (tertiary/aromatic N) is 3. The van der Waals surface area contributed by atoms with Crippen molar-refractivity contribution < 1.29 is 14.6 Å². The first-order chi connectivity index (χ1) is 10.2. The topological polar surface area (TPSA) is 112 Å². The summed E-state index contributed by atoms with van der Waals surface area (Å²) in [5.74, 6) is -0.101. The highest BCUT2D eigenvalue weighted by Gasteiger charge is 2.09. The smallest absolute Gasteiger partial charge is 0.303 e. The van der Waals surface area contributed by atoms with E-state index in [1.165, 1.54) is 0 Å². The van der Waals surface area contributed by atoms with Crippen LogP contribution in [-0.4, -0.2) is 33.1 Å². The molecule has 0 spiro atoms. The van der Waals surface area contributed by atoms with E-state index < -0.39 is 5.97 Å². The molecule has 7 nitrogen and oxygen atoms in total. The first-order valence-corrected chi connectivity index (χ1v) is 6.46. The number of nitriles is 1. The summed E-state index contributed by atoms with van der Waals surface area (Å²) >= 11 is 0. The molecule has 1 aromatic carbocycles. The summed E-state index contributed by atoms with van der Waals surface area (Å²) in [6.45, 7) is 0.472. The number of carbonyl (C=O) groups is 1. The molecule has 2 aromatic rings. The van der Waals surface area contributed by atoms with Crippen LogP contribution in [0.4, 0.5) is 0 Å². The molecule has 0 bridgehead atoms. The first-order valence-electron chi connectivity index (χ1n) is 6.46. The molecule has 1 aromatic heterocycles. The summed E-state index contributed by atoms with van der Waals surface area (Å²) in [4.78, 5) is 10.4. The van der Waals surface area contributed by atoms with Gasteiger partial charge in [-0.1, -0.05) is 0 Å². The highest BCUT2D eigenvalue weighted by Crippen LogP contribution is 2.22. The minimum Gasteiger partial charge on any atom is -0.494 e. The van der Waals surface area contributed by atoms with Crippen molar-refractivity contribution in [3.63, 3.8) is 0 Å². The van der Waals surface area contributed by atoms with Gasteiger partial charge in [0.2, 0.25) is 0 Å². The molecule has 0 aliphatic carbocycles. The van der Waals surface area contributed by atoms with Crippen LogP contribution in [0.2, 0.25) is 0 Å². The molecule has 0 saturated carbocycles. The maximum absolute atomic E-state index is 10.4. The number of hydrogen-bond donors (Lipinski definition) is 2. The summed E-state index contributed by atoms with van der Waals surface area (Å²) in [6.07, 6.45) is 1.44. The number of carboxylic acids is 1. The molecule has 0 unspecified atom stereocenters. The SMILES string of the molecule is N#Cc1n[nH]nc1-c1ccc(OCCCCC(=O)O)cc1. The summed E-state index contributed by atoms with van der Waals surface area (Å²) in [7, 11) is 0. The number of aromatic amines is 1. The second-order valence-electron chi connectivity index (χ2n) is 4.36. The molecular formula is C14H14N4O3. The third-order valence-corrected chi connectivity index (χ3v) is 2.84. The third kappa shape index (κ3) is 4.04. The number of benzene rings is 1. The van der Waals surface area contributed by atoms with Gasteiger partial charge in [0.1, 0.15) is 17.5 Å². The Morgan fingerprint density at radius 1 is 1.29 bits per heavy atom. The normalized spacial score (nSPS) is 10.0. The molecule has 0 aliphatic rings. The minimum absolute atomic E-state index is 0.158. The fourth-order valence-electron chi connectivity index (χ4n) is 1.79. The lowest BCUT2D eigenvalue weighted by Gasteiger charge is -2.06.